The minimum absolute atomic E-state index is 0.00576. The van der Waals surface area contributed by atoms with Crippen molar-refractivity contribution < 1.29 is 9.90 Å². The van der Waals surface area contributed by atoms with E-state index in [1.54, 1.807) is 0 Å². The molecule has 0 aliphatic carbocycles. The van der Waals surface area contributed by atoms with Crippen molar-refractivity contribution in [1.82, 2.24) is 5.32 Å². The SMILES string of the molecule is CC(C)CCCCC(C)(I)C(=O)NCCO. The first-order valence-corrected chi connectivity index (χ1v) is 7.06. The van der Waals surface area contributed by atoms with Crippen molar-refractivity contribution in [3.05, 3.63) is 0 Å². The largest absolute Gasteiger partial charge is 0.395 e. The lowest BCUT2D eigenvalue weighted by atomic mass is 9.99. The maximum absolute atomic E-state index is 11.7. The molecule has 1 atom stereocenters. The number of carbonyl (C=O) groups excluding carboxylic acids is 1. The second-order valence-corrected chi connectivity index (χ2v) is 7.20. The zero-order chi connectivity index (χ0) is 12.6. The molecule has 0 saturated carbocycles. The molecule has 4 heteroatoms. The average Bonchev–Trinajstić information content (AvgIpc) is 2.20. The summed E-state index contributed by atoms with van der Waals surface area (Å²) in [6.45, 7) is 6.75. The van der Waals surface area contributed by atoms with Gasteiger partial charge in [0.1, 0.15) is 0 Å². The Bertz CT molecular complexity index is 205. The summed E-state index contributed by atoms with van der Waals surface area (Å²) in [4.78, 5) is 11.7. The summed E-state index contributed by atoms with van der Waals surface area (Å²) in [5.41, 5.74) is 0. The normalized spacial score (nSPS) is 14.9. The van der Waals surface area contributed by atoms with E-state index in [2.05, 4.69) is 41.8 Å². The highest BCUT2D eigenvalue weighted by Crippen LogP contribution is 2.26. The number of hydrogen-bond donors (Lipinski definition) is 2. The molecule has 0 aromatic rings. The van der Waals surface area contributed by atoms with Crippen LogP contribution in [-0.2, 0) is 4.79 Å². The van der Waals surface area contributed by atoms with Gasteiger partial charge in [-0.15, -0.1) is 0 Å². The average molecular weight is 341 g/mol. The Kier molecular flexibility index (Phi) is 8.36. The van der Waals surface area contributed by atoms with Gasteiger partial charge in [-0.05, 0) is 19.3 Å². The second kappa shape index (κ2) is 8.28. The van der Waals surface area contributed by atoms with E-state index in [1.165, 1.54) is 12.8 Å². The number of unbranched alkanes of at least 4 members (excludes halogenated alkanes) is 1. The van der Waals surface area contributed by atoms with Gasteiger partial charge in [-0.2, -0.15) is 0 Å². The highest BCUT2D eigenvalue weighted by molar-refractivity contribution is 14.1. The van der Waals surface area contributed by atoms with E-state index in [-0.39, 0.29) is 15.9 Å². The van der Waals surface area contributed by atoms with Gasteiger partial charge in [0, 0.05) is 6.54 Å². The van der Waals surface area contributed by atoms with Crippen LogP contribution in [0.1, 0.15) is 46.5 Å². The monoisotopic (exact) mass is 341 g/mol. The van der Waals surface area contributed by atoms with E-state index in [0.717, 1.165) is 18.8 Å². The number of hydrogen-bond acceptors (Lipinski definition) is 2. The highest BCUT2D eigenvalue weighted by Gasteiger charge is 2.28. The lowest BCUT2D eigenvalue weighted by Crippen LogP contribution is -2.40. The Morgan fingerprint density at radius 3 is 2.56 bits per heavy atom. The van der Waals surface area contributed by atoms with Crippen molar-refractivity contribution in [3.63, 3.8) is 0 Å². The number of alkyl halides is 1. The third-order valence-corrected chi connectivity index (χ3v) is 3.58. The topological polar surface area (TPSA) is 49.3 Å². The van der Waals surface area contributed by atoms with Crippen molar-refractivity contribution in [1.29, 1.82) is 0 Å². The van der Waals surface area contributed by atoms with Crippen LogP contribution in [0, 0.1) is 5.92 Å². The maximum atomic E-state index is 11.7. The number of aliphatic hydroxyl groups excluding tert-OH is 1. The van der Waals surface area contributed by atoms with E-state index in [4.69, 9.17) is 5.11 Å². The molecule has 96 valence electrons. The summed E-state index contributed by atoms with van der Waals surface area (Å²) in [6, 6.07) is 0. The lowest BCUT2D eigenvalue weighted by molar-refractivity contribution is -0.122. The Balaban J connectivity index is 3.80. The van der Waals surface area contributed by atoms with Gasteiger partial charge in [0.25, 0.3) is 0 Å². The molecule has 0 aliphatic rings. The molecule has 0 aliphatic heterocycles. The van der Waals surface area contributed by atoms with Gasteiger partial charge in [0.15, 0.2) is 0 Å². The molecule has 2 N–H and O–H groups in total. The standard InChI is InChI=1S/C12H24INO2/c1-10(2)6-4-5-7-12(3,13)11(16)14-8-9-15/h10,15H,4-9H2,1-3H3,(H,14,16). The first-order chi connectivity index (χ1) is 7.40. The molecule has 1 amide bonds. The summed E-state index contributed by atoms with van der Waals surface area (Å²) < 4.78 is -0.343. The highest BCUT2D eigenvalue weighted by atomic mass is 127. The van der Waals surface area contributed by atoms with Gasteiger partial charge in [0.2, 0.25) is 5.91 Å². The van der Waals surface area contributed by atoms with Crippen LogP contribution in [0.4, 0.5) is 0 Å². The van der Waals surface area contributed by atoms with Gasteiger partial charge in [-0.1, -0.05) is 55.7 Å². The van der Waals surface area contributed by atoms with Crippen LogP contribution in [0.3, 0.4) is 0 Å². The van der Waals surface area contributed by atoms with E-state index in [9.17, 15) is 4.79 Å². The van der Waals surface area contributed by atoms with Gasteiger partial charge < -0.3 is 10.4 Å². The summed E-state index contributed by atoms with van der Waals surface area (Å²) in [5, 5.41) is 11.4. The minimum atomic E-state index is -0.343. The van der Waals surface area contributed by atoms with Crippen molar-refractivity contribution in [2.24, 2.45) is 5.92 Å². The van der Waals surface area contributed by atoms with Crippen molar-refractivity contribution in [3.8, 4) is 0 Å². The molecule has 16 heavy (non-hydrogen) atoms. The maximum Gasteiger partial charge on any atom is 0.235 e. The summed E-state index contributed by atoms with van der Waals surface area (Å²) in [5.74, 6) is 0.773. The number of halogens is 1. The first-order valence-electron chi connectivity index (χ1n) is 5.98. The van der Waals surface area contributed by atoms with Crippen LogP contribution < -0.4 is 5.32 Å². The molecule has 0 spiro atoms. The number of amides is 1. The third kappa shape index (κ3) is 7.44. The molecule has 0 aromatic heterocycles. The summed E-state index contributed by atoms with van der Waals surface area (Å²) >= 11 is 2.20. The predicted octanol–water partition coefficient (Wildman–Crippen LogP) is 2.51. The molecule has 0 aromatic carbocycles. The molecule has 0 heterocycles. The van der Waals surface area contributed by atoms with Gasteiger partial charge in [-0.3, -0.25) is 4.79 Å². The van der Waals surface area contributed by atoms with Crippen LogP contribution in [0.15, 0.2) is 0 Å². The fraction of sp³-hybridized carbons (Fsp3) is 0.917. The Labute approximate surface area is 113 Å². The predicted molar refractivity (Wildman–Crippen MR) is 75.8 cm³/mol. The van der Waals surface area contributed by atoms with E-state index < -0.39 is 0 Å². The smallest absolute Gasteiger partial charge is 0.235 e. The zero-order valence-corrected chi connectivity index (χ0v) is 12.7. The molecule has 0 bridgehead atoms. The van der Waals surface area contributed by atoms with E-state index >= 15 is 0 Å². The quantitative estimate of drug-likeness (QED) is 0.405. The number of rotatable bonds is 8. The lowest BCUT2D eigenvalue weighted by Gasteiger charge is -2.21. The number of carbonyl (C=O) groups is 1. The van der Waals surface area contributed by atoms with Crippen molar-refractivity contribution in [2.75, 3.05) is 13.2 Å². The molecule has 0 saturated heterocycles. The van der Waals surface area contributed by atoms with Gasteiger partial charge in [-0.25, -0.2) is 0 Å². The first kappa shape index (κ1) is 16.2. The van der Waals surface area contributed by atoms with E-state index in [1.807, 2.05) is 6.92 Å². The number of aliphatic hydroxyl groups is 1. The Morgan fingerprint density at radius 2 is 2.06 bits per heavy atom. The molecule has 0 fully saturated rings. The Hall–Kier alpha value is 0.160. The van der Waals surface area contributed by atoms with E-state index in [0.29, 0.717) is 6.54 Å². The molecular formula is C12H24INO2. The molecule has 1 unspecified atom stereocenters. The molecule has 3 nitrogen and oxygen atoms in total. The fourth-order valence-electron chi connectivity index (χ4n) is 1.48. The van der Waals surface area contributed by atoms with Crippen LogP contribution in [-0.4, -0.2) is 27.6 Å². The number of nitrogens with one attached hydrogen (secondary N) is 1. The van der Waals surface area contributed by atoms with Gasteiger partial charge >= 0.3 is 0 Å². The van der Waals surface area contributed by atoms with Crippen LogP contribution in [0.5, 0.6) is 0 Å². The van der Waals surface area contributed by atoms with Crippen LogP contribution in [0.2, 0.25) is 0 Å². The zero-order valence-electron chi connectivity index (χ0n) is 10.6. The molecule has 0 radical (unpaired) electrons. The minimum Gasteiger partial charge on any atom is -0.395 e. The Morgan fingerprint density at radius 1 is 1.44 bits per heavy atom. The molecule has 0 rings (SSSR count). The van der Waals surface area contributed by atoms with Crippen LogP contribution in [0.25, 0.3) is 0 Å². The van der Waals surface area contributed by atoms with Crippen molar-refractivity contribution >= 4 is 28.5 Å². The van der Waals surface area contributed by atoms with Crippen molar-refractivity contribution in [2.45, 2.75) is 49.9 Å². The molecular weight excluding hydrogens is 317 g/mol. The summed E-state index contributed by atoms with van der Waals surface area (Å²) in [6.07, 6.45) is 4.40. The summed E-state index contributed by atoms with van der Waals surface area (Å²) in [7, 11) is 0. The van der Waals surface area contributed by atoms with Gasteiger partial charge in [0.05, 0.1) is 10.0 Å². The van der Waals surface area contributed by atoms with Crippen LogP contribution >= 0.6 is 22.6 Å². The fourth-order valence-corrected chi connectivity index (χ4v) is 2.05. The third-order valence-electron chi connectivity index (χ3n) is 2.55. The second-order valence-electron chi connectivity index (χ2n) is 4.82.